The molecule has 0 unspecified atom stereocenters. The van der Waals surface area contributed by atoms with Crippen molar-refractivity contribution >= 4 is 17.7 Å². The maximum atomic E-state index is 12.3. The van der Waals surface area contributed by atoms with Gasteiger partial charge in [0.2, 0.25) is 5.91 Å². The Kier molecular flexibility index (Phi) is 8.10. The Morgan fingerprint density at radius 1 is 0.900 bits per heavy atom. The Labute approximate surface area is 178 Å². The molecule has 154 valence electrons. The monoisotopic (exact) mass is 401 g/mol. The molecule has 4 heteroatoms. The van der Waals surface area contributed by atoms with Crippen molar-refractivity contribution in [2.75, 3.05) is 11.9 Å². The molecular weight excluding hydrogens is 374 g/mol. The van der Waals surface area contributed by atoms with Gasteiger partial charge in [0.05, 0.1) is 6.61 Å². The second kappa shape index (κ2) is 11.5. The molecule has 0 bridgehead atoms. The van der Waals surface area contributed by atoms with Crippen LogP contribution in [0.25, 0.3) is 6.08 Å². The lowest BCUT2D eigenvalue weighted by molar-refractivity contribution is -0.111. The zero-order valence-corrected chi connectivity index (χ0v) is 17.2. The van der Waals surface area contributed by atoms with E-state index in [9.17, 15) is 4.79 Å². The Balaban J connectivity index is 1.52. The Morgan fingerprint density at radius 2 is 1.63 bits per heavy atom. The molecule has 0 atom stereocenters. The van der Waals surface area contributed by atoms with Gasteiger partial charge in [-0.15, -0.1) is 0 Å². The van der Waals surface area contributed by atoms with Gasteiger partial charge in [0.25, 0.3) is 0 Å². The molecular formula is C26H27NO3. The van der Waals surface area contributed by atoms with E-state index in [1.54, 1.807) is 6.08 Å². The van der Waals surface area contributed by atoms with E-state index in [0.717, 1.165) is 35.5 Å². The van der Waals surface area contributed by atoms with Crippen molar-refractivity contribution in [2.24, 2.45) is 0 Å². The van der Waals surface area contributed by atoms with E-state index in [0.29, 0.717) is 18.9 Å². The summed E-state index contributed by atoms with van der Waals surface area (Å²) >= 11 is 0. The van der Waals surface area contributed by atoms with Gasteiger partial charge in [-0.1, -0.05) is 61.9 Å². The van der Waals surface area contributed by atoms with Crippen LogP contribution in [0.2, 0.25) is 0 Å². The van der Waals surface area contributed by atoms with E-state index in [1.807, 2.05) is 78.9 Å². The third kappa shape index (κ3) is 6.82. The standard InChI is InChI=1S/C26H27NO3/c1-2-3-19-29-25-12-8-7-11-22(25)13-18-26(28)27-23-14-16-24(17-15-23)30-20-21-9-5-4-6-10-21/h4-18H,2-3,19-20H2,1H3,(H,27,28)/b18-13+. The molecule has 0 saturated heterocycles. The quantitative estimate of drug-likeness (QED) is 0.330. The van der Waals surface area contributed by atoms with Crippen LogP contribution < -0.4 is 14.8 Å². The Hall–Kier alpha value is -3.53. The van der Waals surface area contributed by atoms with Gasteiger partial charge >= 0.3 is 0 Å². The summed E-state index contributed by atoms with van der Waals surface area (Å²) < 4.78 is 11.6. The summed E-state index contributed by atoms with van der Waals surface area (Å²) in [5.41, 5.74) is 2.71. The van der Waals surface area contributed by atoms with Crippen LogP contribution in [0.4, 0.5) is 5.69 Å². The van der Waals surface area contributed by atoms with Crippen molar-refractivity contribution in [3.05, 3.63) is 96.1 Å². The van der Waals surface area contributed by atoms with Crippen LogP contribution in [0.3, 0.4) is 0 Å². The van der Waals surface area contributed by atoms with Crippen LogP contribution in [-0.4, -0.2) is 12.5 Å². The summed E-state index contributed by atoms with van der Waals surface area (Å²) in [6, 6.07) is 25.1. The fourth-order valence-corrected chi connectivity index (χ4v) is 2.80. The Bertz CT molecular complexity index is 950. The molecule has 0 aliphatic rings. The molecule has 1 N–H and O–H groups in total. The highest BCUT2D eigenvalue weighted by molar-refractivity contribution is 6.02. The zero-order valence-electron chi connectivity index (χ0n) is 17.2. The van der Waals surface area contributed by atoms with Crippen LogP contribution in [0.15, 0.2) is 84.9 Å². The first-order chi connectivity index (χ1) is 14.7. The summed E-state index contributed by atoms with van der Waals surface area (Å²) in [4.78, 5) is 12.3. The van der Waals surface area contributed by atoms with E-state index in [1.165, 1.54) is 6.08 Å². The lowest BCUT2D eigenvalue weighted by Gasteiger charge is -2.09. The van der Waals surface area contributed by atoms with Crippen molar-refractivity contribution in [1.29, 1.82) is 0 Å². The molecule has 3 rings (SSSR count). The van der Waals surface area contributed by atoms with Gasteiger partial charge in [0, 0.05) is 17.3 Å². The van der Waals surface area contributed by atoms with Crippen molar-refractivity contribution in [3.63, 3.8) is 0 Å². The maximum absolute atomic E-state index is 12.3. The number of anilines is 1. The number of carbonyl (C=O) groups is 1. The normalized spacial score (nSPS) is 10.7. The molecule has 3 aromatic carbocycles. The number of carbonyl (C=O) groups excluding carboxylic acids is 1. The highest BCUT2D eigenvalue weighted by Gasteiger charge is 2.03. The van der Waals surface area contributed by atoms with Gasteiger partial charge < -0.3 is 14.8 Å². The summed E-state index contributed by atoms with van der Waals surface area (Å²) in [6.45, 7) is 3.31. The molecule has 4 nitrogen and oxygen atoms in total. The predicted molar refractivity (Wildman–Crippen MR) is 122 cm³/mol. The van der Waals surface area contributed by atoms with Gasteiger partial charge in [0.1, 0.15) is 18.1 Å². The first kappa shape index (κ1) is 21.2. The molecule has 30 heavy (non-hydrogen) atoms. The molecule has 0 radical (unpaired) electrons. The van der Waals surface area contributed by atoms with Crippen LogP contribution in [-0.2, 0) is 11.4 Å². The van der Waals surface area contributed by atoms with Crippen molar-refractivity contribution in [3.8, 4) is 11.5 Å². The number of rotatable bonds is 10. The van der Waals surface area contributed by atoms with Gasteiger partial charge in [-0.2, -0.15) is 0 Å². The summed E-state index contributed by atoms with van der Waals surface area (Å²) in [5, 5.41) is 2.86. The summed E-state index contributed by atoms with van der Waals surface area (Å²) in [7, 11) is 0. The molecule has 0 heterocycles. The first-order valence-electron chi connectivity index (χ1n) is 10.2. The number of amides is 1. The number of unbranched alkanes of at least 4 members (excludes halogenated alkanes) is 1. The first-order valence-corrected chi connectivity index (χ1v) is 10.2. The minimum atomic E-state index is -0.198. The summed E-state index contributed by atoms with van der Waals surface area (Å²) in [6.07, 6.45) is 5.37. The average molecular weight is 402 g/mol. The molecule has 0 spiro atoms. The molecule has 0 saturated carbocycles. The number of hydrogen-bond donors (Lipinski definition) is 1. The molecule has 0 aliphatic carbocycles. The molecule has 1 amide bonds. The van der Waals surface area contributed by atoms with Gasteiger partial charge in [-0.3, -0.25) is 4.79 Å². The van der Waals surface area contributed by atoms with E-state index in [2.05, 4.69) is 12.2 Å². The average Bonchev–Trinajstić information content (AvgIpc) is 2.79. The van der Waals surface area contributed by atoms with Gasteiger partial charge in [-0.25, -0.2) is 0 Å². The highest BCUT2D eigenvalue weighted by Crippen LogP contribution is 2.20. The SMILES string of the molecule is CCCCOc1ccccc1/C=C/C(=O)Nc1ccc(OCc2ccccc2)cc1. The summed E-state index contributed by atoms with van der Waals surface area (Å²) in [5.74, 6) is 1.34. The van der Waals surface area contributed by atoms with E-state index in [-0.39, 0.29) is 5.91 Å². The Morgan fingerprint density at radius 3 is 2.40 bits per heavy atom. The van der Waals surface area contributed by atoms with Crippen LogP contribution in [0.5, 0.6) is 11.5 Å². The van der Waals surface area contributed by atoms with E-state index < -0.39 is 0 Å². The molecule has 3 aromatic rings. The fourth-order valence-electron chi connectivity index (χ4n) is 2.80. The lowest BCUT2D eigenvalue weighted by atomic mass is 10.2. The van der Waals surface area contributed by atoms with Crippen molar-refractivity contribution in [2.45, 2.75) is 26.4 Å². The van der Waals surface area contributed by atoms with Crippen molar-refractivity contribution < 1.29 is 14.3 Å². The van der Waals surface area contributed by atoms with Gasteiger partial charge in [0.15, 0.2) is 0 Å². The predicted octanol–water partition coefficient (Wildman–Crippen LogP) is 6.10. The van der Waals surface area contributed by atoms with E-state index >= 15 is 0 Å². The molecule has 0 aliphatic heterocycles. The third-order valence-electron chi connectivity index (χ3n) is 4.46. The number of nitrogens with one attached hydrogen (secondary N) is 1. The fraction of sp³-hybridized carbons (Fsp3) is 0.192. The number of ether oxygens (including phenoxy) is 2. The van der Waals surface area contributed by atoms with Crippen LogP contribution in [0.1, 0.15) is 30.9 Å². The molecule has 0 aromatic heterocycles. The van der Waals surface area contributed by atoms with Crippen molar-refractivity contribution in [1.82, 2.24) is 0 Å². The number of benzene rings is 3. The smallest absolute Gasteiger partial charge is 0.248 e. The third-order valence-corrected chi connectivity index (χ3v) is 4.46. The second-order valence-electron chi connectivity index (χ2n) is 6.86. The number of hydrogen-bond acceptors (Lipinski definition) is 3. The van der Waals surface area contributed by atoms with Crippen LogP contribution in [0, 0.1) is 0 Å². The minimum absolute atomic E-state index is 0.198. The lowest BCUT2D eigenvalue weighted by Crippen LogP contribution is -2.07. The number of para-hydroxylation sites is 1. The topological polar surface area (TPSA) is 47.6 Å². The second-order valence-corrected chi connectivity index (χ2v) is 6.86. The maximum Gasteiger partial charge on any atom is 0.248 e. The zero-order chi connectivity index (χ0) is 21.0. The van der Waals surface area contributed by atoms with Gasteiger partial charge in [-0.05, 0) is 48.4 Å². The largest absolute Gasteiger partial charge is 0.493 e. The minimum Gasteiger partial charge on any atom is -0.493 e. The highest BCUT2D eigenvalue weighted by atomic mass is 16.5. The van der Waals surface area contributed by atoms with E-state index in [4.69, 9.17) is 9.47 Å². The van der Waals surface area contributed by atoms with Crippen LogP contribution >= 0.6 is 0 Å². The molecule has 0 fully saturated rings.